The summed E-state index contributed by atoms with van der Waals surface area (Å²) in [7, 11) is 1.52. The van der Waals surface area contributed by atoms with Gasteiger partial charge in [-0.15, -0.1) is 0 Å². The third kappa shape index (κ3) is 5.31. The molecule has 2 rings (SSSR count). The number of hydrogen-bond donors (Lipinski definition) is 1. The molecule has 0 aliphatic rings. The third-order valence-corrected chi connectivity index (χ3v) is 4.06. The van der Waals surface area contributed by atoms with Crippen LogP contribution in [-0.4, -0.2) is 36.4 Å². The van der Waals surface area contributed by atoms with E-state index in [4.69, 9.17) is 4.74 Å². The fourth-order valence-electron chi connectivity index (χ4n) is 2.44. The largest absolute Gasteiger partial charge is 0.484 e. The van der Waals surface area contributed by atoms with Crippen LogP contribution in [-0.2, 0) is 16.1 Å². The number of likely N-dealkylation sites (N-methyl/N-ethyl adjacent to an activating group) is 1. The quantitative estimate of drug-likeness (QED) is 0.828. The summed E-state index contributed by atoms with van der Waals surface area (Å²) >= 11 is 0. The van der Waals surface area contributed by atoms with Gasteiger partial charge in [0.15, 0.2) is 6.61 Å². The number of hydrogen-bond acceptors (Lipinski definition) is 3. The molecule has 0 heterocycles. The molecule has 26 heavy (non-hydrogen) atoms. The molecular formula is C20H23FN2O3. The smallest absolute Gasteiger partial charge is 0.261 e. The molecule has 1 atom stereocenters. The number of nitrogens with zero attached hydrogens (tertiary/aromatic N) is 1. The molecule has 2 aromatic carbocycles. The monoisotopic (exact) mass is 358 g/mol. The third-order valence-electron chi connectivity index (χ3n) is 4.06. The number of carbonyl (C=O) groups excluding carboxylic acids is 2. The van der Waals surface area contributed by atoms with Crippen molar-refractivity contribution >= 4 is 11.8 Å². The standard InChI is InChI=1S/C20H23FN2O3/c1-14-4-10-18(11-5-14)26-13-19(24)23(15(2)20(25)22-3)12-16-6-8-17(21)9-7-16/h4-11,15H,12-13H2,1-3H3,(H,22,25). The molecule has 0 saturated carbocycles. The maximum absolute atomic E-state index is 13.1. The molecule has 5 nitrogen and oxygen atoms in total. The second kappa shape index (κ2) is 8.99. The van der Waals surface area contributed by atoms with Crippen LogP contribution in [0, 0.1) is 12.7 Å². The lowest BCUT2D eigenvalue weighted by atomic mass is 10.1. The lowest BCUT2D eigenvalue weighted by Gasteiger charge is -2.28. The minimum Gasteiger partial charge on any atom is -0.484 e. The number of ether oxygens (including phenoxy) is 1. The van der Waals surface area contributed by atoms with Crippen molar-refractivity contribution in [2.24, 2.45) is 0 Å². The van der Waals surface area contributed by atoms with Gasteiger partial charge in [0.05, 0.1) is 0 Å². The van der Waals surface area contributed by atoms with Crippen LogP contribution in [0.1, 0.15) is 18.1 Å². The Balaban J connectivity index is 2.10. The van der Waals surface area contributed by atoms with Crippen LogP contribution < -0.4 is 10.1 Å². The molecule has 1 N–H and O–H groups in total. The van der Waals surface area contributed by atoms with Crippen LogP contribution in [0.15, 0.2) is 48.5 Å². The SMILES string of the molecule is CNC(=O)C(C)N(Cc1ccc(F)cc1)C(=O)COc1ccc(C)cc1. The molecule has 6 heteroatoms. The van der Waals surface area contributed by atoms with Gasteiger partial charge < -0.3 is 15.0 Å². The van der Waals surface area contributed by atoms with Crippen molar-refractivity contribution in [3.05, 3.63) is 65.5 Å². The molecule has 138 valence electrons. The summed E-state index contributed by atoms with van der Waals surface area (Å²) in [5.41, 5.74) is 1.82. The maximum atomic E-state index is 13.1. The molecule has 0 saturated heterocycles. The lowest BCUT2D eigenvalue weighted by molar-refractivity contribution is -0.142. The van der Waals surface area contributed by atoms with Gasteiger partial charge >= 0.3 is 0 Å². The first kappa shape index (κ1) is 19.4. The summed E-state index contributed by atoms with van der Waals surface area (Å²) < 4.78 is 18.6. The highest BCUT2D eigenvalue weighted by molar-refractivity contribution is 5.87. The molecular weight excluding hydrogens is 335 g/mol. The zero-order valence-corrected chi connectivity index (χ0v) is 15.2. The van der Waals surface area contributed by atoms with Crippen molar-refractivity contribution in [3.63, 3.8) is 0 Å². The average molecular weight is 358 g/mol. The van der Waals surface area contributed by atoms with E-state index in [0.717, 1.165) is 11.1 Å². The summed E-state index contributed by atoms with van der Waals surface area (Å²) in [6.45, 7) is 3.60. The number of halogens is 1. The minimum absolute atomic E-state index is 0.185. The second-order valence-electron chi connectivity index (χ2n) is 6.04. The van der Waals surface area contributed by atoms with Crippen molar-refractivity contribution in [3.8, 4) is 5.75 Å². The molecule has 0 aliphatic carbocycles. The highest BCUT2D eigenvalue weighted by atomic mass is 19.1. The van der Waals surface area contributed by atoms with Crippen LogP contribution in [0.4, 0.5) is 4.39 Å². The first-order chi connectivity index (χ1) is 12.4. The number of benzene rings is 2. The van der Waals surface area contributed by atoms with Gasteiger partial charge in [-0.2, -0.15) is 0 Å². The Morgan fingerprint density at radius 2 is 1.73 bits per heavy atom. The molecule has 0 spiro atoms. The number of nitrogens with one attached hydrogen (secondary N) is 1. The molecule has 0 aliphatic heterocycles. The van der Waals surface area contributed by atoms with E-state index in [1.807, 2.05) is 19.1 Å². The fourth-order valence-corrected chi connectivity index (χ4v) is 2.44. The van der Waals surface area contributed by atoms with Crippen molar-refractivity contribution in [1.29, 1.82) is 0 Å². The predicted octanol–water partition coefficient (Wildman–Crippen LogP) is 2.68. The number of rotatable bonds is 7. The van der Waals surface area contributed by atoms with Gasteiger partial charge in [-0.25, -0.2) is 4.39 Å². The number of aryl methyl sites for hydroxylation is 1. The van der Waals surface area contributed by atoms with Gasteiger partial charge in [-0.3, -0.25) is 9.59 Å². The van der Waals surface area contributed by atoms with Crippen LogP contribution in [0.25, 0.3) is 0 Å². The van der Waals surface area contributed by atoms with Crippen LogP contribution >= 0.6 is 0 Å². The van der Waals surface area contributed by atoms with E-state index in [9.17, 15) is 14.0 Å². The normalized spacial score (nSPS) is 11.5. The van der Waals surface area contributed by atoms with E-state index in [0.29, 0.717) is 5.75 Å². The molecule has 0 fully saturated rings. The Kier molecular flexibility index (Phi) is 6.72. The van der Waals surface area contributed by atoms with E-state index in [1.165, 1.54) is 24.1 Å². The molecule has 2 amide bonds. The second-order valence-corrected chi connectivity index (χ2v) is 6.04. The first-order valence-electron chi connectivity index (χ1n) is 8.35. The Hall–Kier alpha value is -2.89. The van der Waals surface area contributed by atoms with Gasteiger partial charge in [-0.1, -0.05) is 29.8 Å². The summed E-state index contributed by atoms with van der Waals surface area (Å²) in [6, 6.07) is 12.5. The summed E-state index contributed by atoms with van der Waals surface area (Å²) in [5.74, 6) is -0.381. The van der Waals surface area contributed by atoms with Gasteiger partial charge in [0.2, 0.25) is 5.91 Å². The number of amides is 2. The molecule has 1 unspecified atom stereocenters. The van der Waals surface area contributed by atoms with E-state index in [2.05, 4.69) is 5.32 Å². The summed E-state index contributed by atoms with van der Waals surface area (Å²) in [4.78, 5) is 26.1. The molecule has 2 aromatic rings. The van der Waals surface area contributed by atoms with Crippen LogP contribution in [0.2, 0.25) is 0 Å². The van der Waals surface area contributed by atoms with Gasteiger partial charge in [0, 0.05) is 13.6 Å². The van der Waals surface area contributed by atoms with Gasteiger partial charge in [0.25, 0.3) is 5.91 Å². The fraction of sp³-hybridized carbons (Fsp3) is 0.300. The van der Waals surface area contributed by atoms with Crippen molar-refractivity contribution < 1.29 is 18.7 Å². The van der Waals surface area contributed by atoms with E-state index in [-0.39, 0.29) is 30.8 Å². The Morgan fingerprint density at radius 1 is 1.12 bits per heavy atom. The summed E-state index contributed by atoms with van der Waals surface area (Å²) in [5, 5.41) is 2.54. The highest BCUT2D eigenvalue weighted by Crippen LogP contribution is 2.14. The molecule has 0 radical (unpaired) electrons. The lowest BCUT2D eigenvalue weighted by Crippen LogP contribution is -2.48. The van der Waals surface area contributed by atoms with E-state index < -0.39 is 6.04 Å². The van der Waals surface area contributed by atoms with E-state index >= 15 is 0 Å². The van der Waals surface area contributed by atoms with Crippen molar-refractivity contribution in [1.82, 2.24) is 10.2 Å². The molecule has 0 aromatic heterocycles. The number of carbonyl (C=O) groups is 2. The Labute approximate surface area is 152 Å². The Morgan fingerprint density at radius 3 is 2.31 bits per heavy atom. The first-order valence-corrected chi connectivity index (χ1v) is 8.35. The van der Waals surface area contributed by atoms with Gasteiger partial charge in [0.1, 0.15) is 17.6 Å². The van der Waals surface area contributed by atoms with Crippen LogP contribution in [0.3, 0.4) is 0 Å². The Bertz CT molecular complexity index is 745. The van der Waals surface area contributed by atoms with Crippen LogP contribution in [0.5, 0.6) is 5.75 Å². The van der Waals surface area contributed by atoms with Gasteiger partial charge in [-0.05, 0) is 43.7 Å². The predicted molar refractivity (Wildman–Crippen MR) is 97.2 cm³/mol. The summed E-state index contributed by atoms with van der Waals surface area (Å²) in [6.07, 6.45) is 0. The minimum atomic E-state index is -0.681. The maximum Gasteiger partial charge on any atom is 0.261 e. The zero-order chi connectivity index (χ0) is 19.1. The zero-order valence-electron chi connectivity index (χ0n) is 15.2. The highest BCUT2D eigenvalue weighted by Gasteiger charge is 2.25. The van der Waals surface area contributed by atoms with Crippen molar-refractivity contribution in [2.45, 2.75) is 26.4 Å². The molecule has 0 bridgehead atoms. The van der Waals surface area contributed by atoms with Crippen molar-refractivity contribution in [2.75, 3.05) is 13.7 Å². The average Bonchev–Trinajstić information content (AvgIpc) is 2.65. The topological polar surface area (TPSA) is 58.6 Å². The van der Waals surface area contributed by atoms with E-state index in [1.54, 1.807) is 31.2 Å².